The molecule has 2 amide bonds. The number of hydrogen-bond acceptors (Lipinski definition) is 4. The maximum absolute atomic E-state index is 13.5. The topological polar surface area (TPSA) is 75.7 Å². The second kappa shape index (κ2) is 11.3. The molecule has 2 aliphatic heterocycles. The van der Waals surface area contributed by atoms with Crippen molar-refractivity contribution in [3.63, 3.8) is 0 Å². The number of esters is 1. The molecule has 0 spiro atoms. The highest BCUT2D eigenvalue weighted by Crippen LogP contribution is 2.48. The number of nitrogens with one attached hydrogen (secondary N) is 1. The summed E-state index contributed by atoms with van der Waals surface area (Å²) in [5.74, 6) is -0.127. The van der Waals surface area contributed by atoms with Crippen molar-refractivity contribution in [3.05, 3.63) is 113 Å². The van der Waals surface area contributed by atoms with Gasteiger partial charge in [0.15, 0.2) is 5.60 Å². The molecular formula is C33H34N2O4. The molecule has 6 nitrogen and oxygen atoms in total. The highest BCUT2D eigenvalue weighted by Gasteiger charge is 2.50. The predicted molar refractivity (Wildman–Crippen MR) is 151 cm³/mol. The molecule has 0 aliphatic carbocycles. The van der Waals surface area contributed by atoms with E-state index in [1.54, 1.807) is 12.1 Å². The fraction of sp³-hybridized carbons (Fsp3) is 0.303. The molecule has 0 saturated heterocycles. The number of rotatable bonds is 8. The van der Waals surface area contributed by atoms with E-state index < -0.39 is 5.60 Å². The Morgan fingerprint density at radius 3 is 2.33 bits per heavy atom. The van der Waals surface area contributed by atoms with E-state index in [-0.39, 0.29) is 17.8 Å². The number of carbonyl (C=O) groups is 3. The lowest BCUT2D eigenvalue weighted by Gasteiger charge is -2.37. The predicted octanol–water partition coefficient (Wildman–Crippen LogP) is 5.90. The van der Waals surface area contributed by atoms with Gasteiger partial charge in [-0.15, -0.1) is 0 Å². The summed E-state index contributed by atoms with van der Waals surface area (Å²) >= 11 is 0. The fourth-order valence-electron chi connectivity index (χ4n) is 5.70. The smallest absolute Gasteiger partial charge is 0.335 e. The van der Waals surface area contributed by atoms with Gasteiger partial charge in [-0.05, 0) is 54.5 Å². The zero-order valence-corrected chi connectivity index (χ0v) is 22.5. The Hall–Kier alpha value is -4.19. The lowest BCUT2D eigenvalue weighted by molar-refractivity contribution is -0.149. The van der Waals surface area contributed by atoms with Crippen LogP contribution in [0.4, 0.5) is 5.69 Å². The summed E-state index contributed by atoms with van der Waals surface area (Å²) in [5.41, 5.74) is 3.95. The van der Waals surface area contributed by atoms with Crippen molar-refractivity contribution in [2.45, 2.75) is 45.1 Å². The van der Waals surface area contributed by atoms with Crippen LogP contribution in [-0.4, -0.2) is 35.8 Å². The first-order chi connectivity index (χ1) is 18.9. The van der Waals surface area contributed by atoms with Gasteiger partial charge in [-0.1, -0.05) is 80.6 Å². The first kappa shape index (κ1) is 26.4. The van der Waals surface area contributed by atoms with Gasteiger partial charge in [0.05, 0.1) is 0 Å². The van der Waals surface area contributed by atoms with Crippen molar-refractivity contribution >= 4 is 23.5 Å². The summed E-state index contributed by atoms with van der Waals surface area (Å²) in [7, 11) is 0. The van der Waals surface area contributed by atoms with Crippen molar-refractivity contribution in [2.75, 3.05) is 18.4 Å². The minimum atomic E-state index is -0.838. The molecule has 3 aromatic carbocycles. The summed E-state index contributed by atoms with van der Waals surface area (Å²) in [4.78, 5) is 41.0. The lowest BCUT2D eigenvalue weighted by atomic mass is 9.77. The second-order valence-electron chi connectivity index (χ2n) is 10.7. The number of para-hydroxylation sites is 1. The summed E-state index contributed by atoms with van der Waals surface area (Å²) in [6.07, 6.45) is 1.96. The summed E-state index contributed by atoms with van der Waals surface area (Å²) in [5, 5.41) is 2.99. The quantitative estimate of drug-likeness (QED) is 0.374. The molecule has 0 fully saturated rings. The molecule has 0 saturated carbocycles. The average Bonchev–Trinajstić information content (AvgIpc) is 3.24. The number of anilines is 1. The molecule has 39 heavy (non-hydrogen) atoms. The summed E-state index contributed by atoms with van der Waals surface area (Å²) < 4.78 is 6.15. The van der Waals surface area contributed by atoms with Gasteiger partial charge in [-0.25, -0.2) is 4.79 Å². The SMILES string of the molecule is CC(C)CC1(c2ccccc2)OC(=O)C2=C1CN(C(=O)CCc1ccccc1NC(=O)c1ccccc1)CC2. The molecule has 0 bridgehead atoms. The van der Waals surface area contributed by atoms with Crippen LogP contribution >= 0.6 is 0 Å². The summed E-state index contributed by atoms with van der Waals surface area (Å²) in [6.45, 7) is 5.12. The Morgan fingerprint density at radius 2 is 1.62 bits per heavy atom. The number of nitrogens with zero attached hydrogens (tertiary/aromatic N) is 1. The molecule has 5 rings (SSSR count). The number of cyclic esters (lactones) is 1. The van der Waals surface area contributed by atoms with Gasteiger partial charge in [0.2, 0.25) is 5.91 Å². The Morgan fingerprint density at radius 1 is 0.949 bits per heavy atom. The van der Waals surface area contributed by atoms with E-state index in [9.17, 15) is 14.4 Å². The third-order valence-electron chi connectivity index (χ3n) is 7.54. The van der Waals surface area contributed by atoms with Crippen LogP contribution in [0.3, 0.4) is 0 Å². The van der Waals surface area contributed by atoms with E-state index in [0.29, 0.717) is 55.9 Å². The van der Waals surface area contributed by atoms with Crippen molar-refractivity contribution < 1.29 is 19.1 Å². The Kier molecular flexibility index (Phi) is 7.64. The molecule has 1 unspecified atom stereocenters. The number of ether oxygens (including phenoxy) is 1. The van der Waals surface area contributed by atoms with Gasteiger partial charge >= 0.3 is 5.97 Å². The highest BCUT2D eigenvalue weighted by molar-refractivity contribution is 6.04. The van der Waals surface area contributed by atoms with Crippen molar-refractivity contribution in [2.24, 2.45) is 5.92 Å². The van der Waals surface area contributed by atoms with E-state index in [1.807, 2.05) is 77.7 Å². The van der Waals surface area contributed by atoms with Crippen molar-refractivity contribution in [3.8, 4) is 0 Å². The highest BCUT2D eigenvalue weighted by atomic mass is 16.6. The van der Waals surface area contributed by atoms with Crippen LogP contribution in [0.5, 0.6) is 0 Å². The number of hydrogen-bond donors (Lipinski definition) is 1. The van der Waals surface area contributed by atoms with Crippen LogP contribution in [0, 0.1) is 5.92 Å². The first-order valence-corrected chi connectivity index (χ1v) is 13.6. The van der Waals surface area contributed by atoms with Crippen LogP contribution in [-0.2, 0) is 26.3 Å². The fourth-order valence-corrected chi connectivity index (χ4v) is 5.70. The van der Waals surface area contributed by atoms with Crippen LogP contribution in [0.2, 0.25) is 0 Å². The molecule has 1 N–H and O–H groups in total. The number of benzene rings is 3. The molecule has 6 heteroatoms. The minimum Gasteiger partial charge on any atom is -0.446 e. The molecular weight excluding hydrogens is 488 g/mol. The van der Waals surface area contributed by atoms with Crippen molar-refractivity contribution in [1.29, 1.82) is 0 Å². The molecule has 3 aromatic rings. The molecule has 2 aliphatic rings. The minimum absolute atomic E-state index is 0.0246. The maximum Gasteiger partial charge on any atom is 0.335 e. The first-order valence-electron chi connectivity index (χ1n) is 13.6. The average molecular weight is 523 g/mol. The number of aryl methyl sites for hydroxylation is 1. The number of amides is 2. The standard InChI is InChI=1S/C33H34N2O4/c1-23(2)21-33(26-14-7-4-8-15-26)28-22-35(20-19-27(28)32(38)39-33)30(36)18-17-24-11-9-10-16-29(24)34-31(37)25-12-5-3-6-13-25/h3-16,23H,17-22H2,1-2H3,(H,34,37). The molecule has 1 atom stereocenters. The van der Waals surface area contributed by atoms with Gasteiger partial charge in [-0.3, -0.25) is 9.59 Å². The monoisotopic (exact) mass is 522 g/mol. The van der Waals surface area contributed by atoms with Crippen LogP contribution in [0.15, 0.2) is 96.1 Å². The third-order valence-corrected chi connectivity index (χ3v) is 7.54. The largest absolute Gasteiger partial charge is 0.446 e. The Bertz CT molecular complexity index is 1400. The molecule has 0 radical (unpaired) electrons. The Balaban J connectivity index is 1.31. The van der Waals surface area contributed by atoms with E-state index in [0.717, 1.165) is 22.3 Å². The van der Waals surface area contributed by atoms with Gasteiger partial charge < -0.3 is 15.0 Å². The van der Waals surface area contributed by atoms with E-state index in [2.05, 4.69) is 19.2 Å². The van der Waals surface area contributed by atoms with Gasteiger partial charge in [0.25, 0.3) is 5.91 Å². The molecule has 200 valence electrons. The number of carbonyl (C=O) groups excluding carboxylic acids is 3. The lowest BCUT2D eigenvalue weighted by Crippen LogP contribution is -2.42. The van der Waals surface area contributed by atoms with Crippen molar-refractivity contribution in [1.82, 2.24) is 4.90 Å². The van der Waals surface area contributed by atoms with Gasteiger partial charge in [0, 0.05) is 41.9 Å². The molecule has 0 aromatic heterocycles. The van der Waals surface area contributed by atoms with E-state index in [4.69, 9.17) is 4.74 Å². The van der Waals surface area contributed by atoms with E-state index >= 15 is 0 Å². The third kappa shape index (κ3) is 5.51. The zero-order chi connectivity index (χ0) is 27.4. The van der Waals surface area contributed by atoms with Gasteiger partial charge in [-0.2, -0.15) is 0 Å². The second-order valence-corrected chi connectivity index (χ2v) is 10.7. The normalized spacial score (nSPS) is 18.6. The van der Waals surface area contributed by atoms with Gasteiger partial charge in [0.1, 0.15) is 0 Å². The van der Waals surface area contributed by atoms with Crippen LogP contribution in [0.25, 0.3) is 0 Å². The Labute approximate surface area is 229 Å². The van der Waals surface area contributed by atoms with Crippen LogP contribution in [0.1, 0.15) is 54.6 Å². The molecule has 2 heterocycles. The maximum atomic E-state index is 13.5. The summed E-state index contributed by atoms with van der Waals surface area (Å²) in [6, 6.07) is 26.6. The van der Waals surface area contributed by atoms with Crippen LogP contribution < -0.4 is 5.32 Å². The van der Waals surface area contributed by atoms with E-state index in [1.165, 1.54) is 0 Å². The zero-order valence-electron chi connectivity index (χ0n) is 22.5.